The number of nitrogens with zero attached hydrogens (tertiary/aromatic N) is 1. The first-order chi connectivity index (χ1) is 11.6. The second-order valence-corrected chi connectivity index (χ2v) is 7.53. The third-order valence-corrected chi connectivity index (χ3v) is 5.88. The molecule has 2 heterocycles. The number of nitrogens with one attached hydrogen (secondary N) is 1. The number of hydrogen-bond donors (Lipinski definition) is 1. The summed E-state index contributed by atoms with van der Waals surface area (Å²) in [6, 6.07) is 7.74. The van der Waals surface area contributed by atoms with Crippen LogP contribution in [0.4, 0.5) is 0 Å². The molecule has 0 bridgehead atoms. The predicted molar refractivity (Wildman–Crippen MR) is 94.7 cm³/mol. The topological polar surface area (TPSA) is 58.6 Å². The van der Waals surface area contributed by atoms with Crippen molar-refractivity contribution >= 4 is 23.6 Å². The van der Waals surface area contributed by atoms with E-state index in [1.165, 1.54) is 12.5 Å². The molecule has 0 aromatic heterocycles. The number of hydrogen-bond acceptors (Lipinski definition) is 4. The fourth-order valence-electron chi connectivity index (χ4n) is 3.22. The summed E-state index contributed by atoms with van der Waals surface area (Å²) in [5, 5.41) is 2.87. The van der Waals surface area contributed by atoms with Crippen molar-refractivity contribution in [1.29, 1.82) is 0 Å². The van der Waals surface area contributed by atoms with Gasteiger partial charge < -0.3 is 15.0 Å². The minimum Gasteiger partial charge on any atom is -0.376 e. The lowest BCUT2D eigenvalue weighted by Crippen LogP contribution is -2.48. The molecule has 5 nitrogen and oxygen atoms in total. The minimum absolute atomic E-state index is 0.0668. The van der Waals surface area contributed by atoms with Crippen LogP contribution in [0.1, 0.15) is 36.3 Å². The zero-order valence-corrected chi connectivity index (χ0v) is 15.0. The highest BCUT2D eigenvalue weighted by Crippen LogP contribution is 2.41. The molecule has 3 unspecified atom stereocenters. The molecule has 6 heteroatoms. The van der Waals surface area contributed by atoms with Crippen LogP contribution in [0, 0.1) is 6.92 Å². The smallest absolute Gasteiger partial charge is 0.243 e. The molecule has 130 valence electrons. The van der Waals surface area contributed by atoms with E-state index in [0.717, 1.165) is 25.0 Å². The molecule has 1 aromatic rings. The summed E-state index contributed by atoms with van der Waals surface area (Å²) >= 11 is 1.65. The van der Waals surface area contributed by atoms with Gasteiger partial charge in [-0.1, -0.05) is 29.8 Å². The lowest BCUT2D eigenvalue weighted by molar-refractivity contribution is -0.138. The zero-order valence-electron chi connectivity index (χ0n) is 14.2. The van der Waals surface area contributed by atoms with Crippen molar-refractivity contribution < 1.29 is 14.3 Å². The van der Waals surface area contributed by atoms with Gasteiger partial charge in [-0.15, -0.1) is 11.8 Å². The molecule has 3 atom stereocenters. The van der Waals surface area contributed by atoms with Gasteiger partial charge in [0.05, 0.1) is 6.10 Å². The van der Waals surface area contributed by atoms with Crippen LogP contribution in [0.25, 0.3) is 0 Å². The van der Waals surface area contributed by atoms with Crippen molar-refractivity contribution in [1.82, 2.24) is 10.2 Å². The molecule has 1 N–H and O–H groups in total. The van der Waals surface area contributed by atoms with Crippen LogP contribution in [0.5, 0.6) is 0 Å². The first-order valence-electron chi connectivity index (χ1n) is 8.42. The van der Waals surface area contributed by atoms with E-state index in [4.69, 9.17) is 4.74 Å². The van der Waals surface area contributed by atoms with Gasteiger partial charge in [0, 0.05) is 25.8 Å². The summed E-state index contributed by atoms with van der Waals surface area (Å²) in [7, 11) is 0. The summed E-state index contributed by atoms with van der Waals surface area (Å²) in [4.78, 5) is 26.5. The monoisotopic (exact) mass is 348 g/mol. The van der Waals surface area contributed by atoms with E-state index in [9.17, 15) is 9.59 Å². The number of thioether (sulfide) groups is 1. The summed E-state index contributed by atoms with van der Waals surface area (Å²) in [5.74, 6) is 0.473. The first-order valence-corrected chi connectivity index (χ1v) is 9.47. The molecule has 2 amide bonds. The number of benzene rings is 1. The second-order valence-electron chi connectivity index (χ2n) is 6.42. The minimum atomic E-state index is -0.416. The van der Waals surface area contributed by atoms with Crippen molar-refractivity contribution in [3.05, 3.63) is 35.4 Å². The average Bonchev–Trinajstić information content (AvgIpc) is 3.22. The van der Waals surface area contributed by atoms with E-state index in [1.54, 1.807) is 16.7 Å². The highest BCUT2D eigenvalue weighted by Gasteiger charge is 2.40. The molecular weight excluding hydrogens is 324 g/mol. The van der Waals surface area contributed by atoms with E-state index in [0.29, 0.717) is 12.3 Å². The van der Waals surface area contributed by atoms with Gasteiger partial charge >= 0.3 is 0 Å². The lowest BCUT2D eigenvalue weighted by atomic mass is 10.1. The van der Waals surface area contributed by atoms with Crippen LogP contribution in [0.3, 0.4) is 0 Å². The Morgan fingerprint density at radius 3 is 2.71 bits per heavy atom. The number of carbonyl (C=O) groups excluding carboxylic acids is 2. The van der Waals surface area contributed by atoms with Crippen LogP contribution >= 0.6 is 11.8 Å². The number of amides is 2. The number of rotatable bonds is 4. The molecular formula is C18H24N2O3S. The molecule has 0 saturated carbocycles. The molecule has 0 aliphatic carbocycles. The van der Waals surface area contributed by atoms with Crippen LogP contribution in [0.15, 0.2) is 24.3 Å². The quantitative estimate of drug-likeness (QED) is 0.907. The van der Waals surface area contributed by atoms with Gasteiger partial charge in [0.2, 0.25) is 11.8 Å². The first kappa shape index (κ1) is 17.3. The van der Waals surface area contributed by atoms with Gasteiger partial charge in [-0.3, -0.25) is 9.59 Å². The molecule has 1 aromatic carbocycles. The number of carbonyl (C=O) groups is 2. The Hall–Kier alpha value is -1.53. The largest absolute Gasteiger partial charge is 0.376 e. The van der Waals surface area contributed by atoms with E-state index in [-0.39, 0.29) is 23.3 Å². The Bertz CT molecular complexity index is 599. The van der Waals surface area contributed by atoms with E-state index < -0.39 is 6.04 Å². The maximum Gasteiger partial charge on any atom is 0.243 e. The Balaban J connectivity index is 1.67. The number of ether oxygens (including phenoxy) is 1. The van der Waals surface area contributed by atoms with Gasteiger partial charge in [0.15, 0.2) is 0 Å². The summed E-state index contributed by atoms with van der Waals surface area (Å²) in [6.45, 7) is 4.87. The third kappa shape index (κ3) is 3.75. The SMILES string of the molecule is CC(=O)N1C(C(=O)NCC2CCCO2)CSC1c1ccc(C)cc1. The van der Waals surface area contributed by atoms with E-state index in [1.807, 2.05) is 31.2 Å². The molecule has 0 spiro atoms. The lowest BCUT2D eigenvalue weighted by Gasteiger charge is -2.28. The fourth-order valence-corrected chi connectivity index (χ4v) is 4.70. The van der Waals surface area contributed by atoms with Crippen molar-refractivity contribution in [3.63, 3.8) is 0 Å². The van der Waals surface area contributed by atoms with E-state index >= 15 is 0 Å². The van der Waals surface area contributed by atoms with Crippen molar-refractivity contribution in [2.24, 2.45) is 0 Å². The maximum absolute atomic E-state index is 12.6. The Morgan fingerprint density at radius 2 is 2.08 bits per heavy atom. The summed E-state index contributed by atoms with van der Waals surface area (Å²) in [6.07, 6.45) is 2.15. The summed E-state index contributed by atoms with van der Waals surface area (Å²) < 4.78 is 5.54. The molecule has 2 fully saturated rings. The third-order valence-electron chi connectivity index (χ3n) is 4.56. The Labute approximate surface area is 147 Å². The Morgan fingerprint density at radius 1 is 1.33 bits per heavy atom. The fraction of sp³-hybridized carbons (Fsp3) is 0.556. The predicted octanol–water partition coefficient (Wildman–Crippen LogP) is 2.25. The second kappa shape index (κ2) is 7.57. The standard InChI is InChI=1S/C18H24N2O3S/c1-12-5-7-14(8-6-12)18-20(13(2)21)16(11-24-18)17(22)19-10-15-4-3-9-23-15/h5-8,15-16,18H,3-4,9-11H2,1-2H3,(H,19,22). The van der Waals surface area contributed by atoms with Gasteiger partial charge in [0.1, 0.15) is 11.4 Å². The van der Waals surface area contributed by atoms with E-state index in [2.05, 4.69) is 5.32 Å². The molecule has 24 heavy (non-hydrogen) atoms. The maximum atomic E-state index is 12.6. The molecule has 2 aliphatic rings. The van der Waals surface area contributed by atoms with Gasteiger partial charge in [-0.2, -0.15) is 0 Å². The normalized spacial score (nSPS) is 26.6. The van der Waals surface area contributed by atoms with Gasteiger partial charge in [-0.25, -0.2) is 0 Å². The zero-order chi connectivity index (χ0) is 17.1. The van der Waals surface area contributed by atoms with Gasteiger partial charge in [0.25, 0.3) is 0 Å². The summed E-state index contributed by atoms with van der Waals surface area (Å²) in [5.41, 5.74) is 2.25. The van der Waals surface area contributed by atoms with Crippen LogP contribution in [0.2, 0.25) is 0 Å². The highest BCUT2D eigenvalue weighted by atomic mass is 32.2. The molecule has 3 rings (SSSR count). The van der Waals surface area contributed by atoms with Crippen molar-refractivity contribution in [2.75, 3.05) is 18.9 Å². The van der Waals surface area contributed by atoms with Gasteiger partial charge in [-0.05, 0) is 25.3 Å². The highest BCUT2D eigenvalue weighted by molar-refractivity contribution is 7.99. The molecule has 2 aliphatic heterocycles. The number of aryl methyl sites for hydroxylation is 1. The van der Waals surface area contributed by atoms with Crippen LogP contribution in [-0.2, 0) is 14.3 Å². The Kier molecular flexibility index (Phi) is 5.46. The molecule has 0 radical (unpaired) electrons. The van der Waals surface area contributed by atoms with Crippen LogP contribution < -0.4 is 5.32 Å². The van der Waals surface area contributed by atoms with Crippen molar-refractivity contribution in [2.45, 2.75) is 44.2 Å². The van der Waals surface area contributed by atoms with Crippen molar-refractivity contribution in [3.8, 4) is 0 Å². The molecule has 2 saturated heterocycles. The van der Waals surface area contributed by atoms with Crippen LogP contribution in [-0.4, -0.2) is 47.8 Å². The average molecular weight is 348 g/mol.